The zero-order valence-electron chi connectivity index (χ0n) is 18.2. The quantitative estimate of drug-likeness (QED) is 0.620. The summed E-state index contributed by atoms with van der Waals surface area (Å²) in [5, 5.41) is 0. The van der Waals surface area contributed by atoms with Gasteiger partial charge in [0.2, 0.25) is 0 Å². The van der Waals surface area contributed by atoms with Crippen molar-refractivity contribution in [3.05, 3.63) is 36.2 Å². The number of aryl methyl sites for hydroxylation is 1. The lowest BCUT2D eigenvalue weighted by molar-refractivity contribution is -0.275. The van der Waals surface area contributed by atoms with E-state index in [2.05, 4.69) is 19.6 Å². The Hall–Kier alpha value is -2.71. The number of nitrogens with zero attached hydrogens (tertiary/aromatic N) is 3. The van der Waals surface area contributed by atoms with E-state index >= 15 is 0 Å². The number of halogens is 3. The number of ether oxygens (including phenoxy) is 3. The van der Waals surface area contributed by atoms with Gasteiger partial charge >= 0.3 is 6.36 Å². The topological polar surface area (TPSA) is 56.7 Å². The van der Waals surface area contributed by atoms with Gasteiger partial charge in [0, 0.05) is 13.1 Å². The van der Waals surface area contributed by atoms with Gasteiger partial charge in [-0.1, -0.05) is 12.1 Å². The molecule has 0 spiro atoms. The first-order valence-electron chi connectivity index (χ1n) is 10.3. The van der Waals surface area contributed by atoms with Crippen LogP contribution in [0.5, 0.6) is 17.4 Å². The van der Waals surface area contributed by atoms with Gasteiger partial charge in [0.15, 0.2) is 17.3 Å². The number of aromatic nitrogens is 2. The predicted molar refractivity (Wildman–Crippen MR) is 111 cm³/mol. The van der Waals surface area contributed by atoms with Crippen LogP contribution in [0.3, 0.4) is 0 Å². The molecule has 0 amide bonds. The van der Waals surface area contributed by atoms with Crippen LogP contribution in [0, 0.1) is 12.8 Å². The molecule has 1 aliphatic heterocycles. The number of rotatable bonds is 6. The highest BCUT2D eigenvalue weighted by molar-refractivity contribution is 5.49. The second kappa shape index (κ2) is 9.20. The summed E-state index contributed by atoms with van der Waals surface area (Å²) in [7, 11) is 0. The highest BCUT2D eigenvalue weighted by Crippen LogP contribution is 2.34. The maximum atomic E-state index is 12.6. The fraction of sp³-hybridized carbons (Fsp3) is 0.545. The Morgan fingerprint density at radius 2 is 1.68 bits per heavy atom. The average Bonchev–Trinajstić information content (AvgIpc) is 2.67. The molecule has 1 aliphatic rings. The number of piperidine rings is 1. The standard InChI is InChI=1S/C22H28F3N3O3/c1-15-13-26-20(31-21(2,3)4)19(27-15)28-11-9-16(10-12-28)14-29-17-7-5-6-8-18(17)30-22(23,24)25/h5-8,13,16H,9-12,14H2,1-4H3. The van der Waals surface area contributed by atoms with Gasteiger partial charge in [0.25, 0.3) is 5.88 Å². The second-order valence-electron chi connectivity index (χ2n) is 8.59. The van der Waals surface area contributed by atoms with Gasteiger partial charge < -0.3 is 19.1 Å². The maximum Gasteiger partial charge on any atom is 0.573 e. The lowest BCUT2D eigenvalue weighted by Gasteiger charge is -2.34. The van der Waals surface area contributed by atoms with Gasteiger partial charge in [-0.25, -0.2) is 9.97 Å². The van der Waals surface area contributed by atoms with Crippen molar-refractivity contribution in [1.82, 2.24) is 9.97 Å². The van der Waals surface area contributed by atoms with Crippen molar-refractivity contribution in [2.75, 3.05) is 24.6 Å². The van der Waals surface area contributed by atoms with Crippen molar-refractivity contribution in [2.24, 2.45) is 5.92 Å². The third-order valence-electron chi connectivity index (χ3n) is 4.71. The maximum absolute atomic E-state index is 12.6. The van der Waals surface area contributed by atoms with E-state index in [0.717, 1.165) is 37.4 Å². The van der Waals surface area contributed by atoms with Crippen molar-refractivity contribution >= 4 is 5.82 Å². The van der Waals surface area contributed by atoms with E-state index in [1.54, 1.807) is 12.3 Å². The third kappa shape index (κ3) is 6.90. The fourth-order valence-corrected chi connectivity index (χ4v) is 3.32. The highest BCUT2D eigenvalue weighted by atomic mass is 19.4. The Balaban J connectivity index is 1.60. The molecule has 6 nitrogen and oxygen atoms in total. The fourth-order valence-electron chi connectivity index (χ4n) is 3.32. The molecule has 1 fully saturated rings. The smallest absolute Gasteiger partial charge is 0.489 e. The molecule has 170 valence electrons. The average molecular weight is 439 g/mol. The van der Waals surface area contributed by atoms with E-state index in [1.807, 2.05) is 27.7 Å². The van der Waals surface area contributed by atoms with Gasteiger partial charge in [0.05, 0.1) is 18.5 Å². The van der Waals surface area contributed by atoms with Crippen molar-refractivity contribution in [3.8, 4) is 17.4 Å². The van der Waals surface area contributed by atoms with Gasteiger partial charge in [-0.3, -0.25) is 0 Å². The SMILES string of the molecule is Cc1cnc(OC(C)(C)C)c(N2CCC(COc3ccccc3OC(F)(F)F)CC2)n1. The molecule has 0 aliphatic carbocycles. The summed E-state index contributed by atoms with van der Waals surface area (Å²) in [6.07, 6.45) is -1.45. The molecule has 0 saturated carbocycles. The molecule has 0 unspecified atom stereocenters. The van der Waals surface area contributed by atoms with E-state index in [4.69, 9.17) is 9.47 Å². The van der Waals surface area contributed by atoms with Crippen LogP contribution in [0.2, 0.25) is 0 Å². The number of hydrogen-bond donors (Lipinski definition) is 0. The molecule has 2 heterocycles. The largest absolute Gasteiger partial charge is 0.573 e. The normalized spacial score (nSPS) is 15.6. The van der Waals surface area contributed by atoms with Crippen LogP contribution < -0.4 is 19.1 Å². The summed E-state index contributed by atoms with van der Waals surface area (Å²) >= 11 is 0. The molecule has 3 rings (SSSR count). The summed E-state index contributed by atoms with van der Waals surface area (Å²) in [6.45, 7) is 9.54. The summed E-state index contributed by atoms with van der Waals surface area (Å²) in [6, 6.07) is 5.83. The molecular weight excluding hydrogens is 411 g/mol. The van der Waals surface area contributed by atoms with Crippen LogP contribution in [-0.2, 0) is 0 Å². The van der Waals surface area contributed by atoms with Crippen molar-refractivity contribution in [1.29, 1.82) is 0 Å². The van der Waals surface area contributed by atoms with Crippen LogP contribution in [0.25, 0.3) is 0 Å². The van der Waals surface area contributed by atoms with Crippen LogP contribution in [0.4, 0.5) is 19.0 Å². The van der Waals surface area contributed by atoms with Gasteiger partial charge in [0.1, 0.15) is 5.60 Å². The molecule has 0 atom stereocenters. The summed E-state index contributed by atoms with van der Waals surface area (Å²) in [4.78, 5) is 11.2. The van der Waals surface area contributed by atoms with E-state index < -0.39 is 12.0 Å². The summed E-state index contributed by atoms with van der Waals surface area (Å²) < 4.78 is 53.4. The van der Waals surface area contributed by atoms with E-state index in [1.165, 1.54) is 18.2 Å². The molecule has 0 N–H and O–H groups in total. The molecule has 31 heavy (non-hydrogen) atoms. The predicted octanol–water partition coefficient (Wildman–Crippen LogP) is 5.16. The van der Waals surface area contributed by atoms with E-state index in [0.29, 0.717) is 12.5 Å². The van der Waals surface area contributed by atoms with E-state index in [9.17, 15) is 13.2 Å². The van der Waals surface area contributed by atoms with Gasteiger partial charge in [-0.2, -0.15) is 0 Å². The number of alkyl halides is 3. The first kappa shape index (κ1) is 23.0. The third-order valence-corrected chi connectivity index (χ3v) is 4.71. The molecule has 2 aromatic rings. The van der Waals surface area contributed by atoms with Crippen LogP contribution >= 0.6 is 0 Å². The molecule has 0 radical (unpaired) electrons. The molecule has 1 saturated heterocycles. The second-order valence-corrected chi connectivity index (χ2v) is 8.59. The number of para-hydroxylation sites is 2. The minimum atomic E-state index is -4.76. The molecule has 1 aromatic heterocycles. The summed E-state index contributed by atoms with van der Waals surface area (Å²) in [5.74, 6) is 1.20. The lowest BCUT2D eigenvalue weighted by Crippen LogP contribution is -2.37. The summed E-state index contributed by atoms with van der Waals surface area (Å²) in [5.41, 5.74) is 0.416. The van der Waals surface area contributed by atoms with E-state index in [-0.39, 0.29) is 17.4 Å². The highest BCUT2D eigenvalue weighted by Gasteiger charge is 2.32. The van der Waals surface area contributed by atoms with Crippen LogP contribution in [-0.4, -0.2) is 41.6 Å². The minimum absolute atomic E-state index is 0.0904. The van der Waals surface area contributed by atoms with Gasteiger partial charge in [-0.15, -0.1) is 13.2 Å². The zero-order valence-corrected chi connectivity index (χ0v) is 18.2. The Kier molecular flexibility index (Phi) is 6.81. The number of hydrogen-bond acceptors (Lipinski definition) is 6. The van der Waals surface area contributed by atoms with Crippen molar-refractivity contribution in [3.63, 3.8) is 0 Å². The number of anilines is 1. The first-order valence-corrected chi connectivity index (χ1v) is 10.3. The van der Waals surface area contributed by atoms with Crippen LogP contribution in [0.15, 0.2) is 30.5 Å². The monoisotopic (exact) mass is 439 g/mol. The first-order chi connectivity index (χ1) is 14.5. The Morgan fingerprint density at radius 1 is 1.03 bits per heavy atom. The molecule has 1 aromatic carbocycles. The van der Waals surface area contributed by atoms with Crippen LogP contribution in [0.1, 0.15) is 39.3 Å². The molecule has 0 bridgehead atoms. The number of benzene rings is 1. The molecule has 9 heteroatoms. The van der Waals surface area contributed by atoms with Gasteiger partial charge in [-0.05, 0) is 58.6 Å². The Bertz CT molecular complexity index is 876. The molecular formula is C22H28F3N3O3. The Morgan fingerprint density at radius 3 is 2.29 bits per heavy atom. The Labute approximate surface area is 180 Å². The van der Waals surface area contributed by atoms with Crippen molar-refractivity contribution in [2.45, 2.75) is 52.5 Å². The minimum Gasteiger partial charge on any atom is -0.489 e. The lowest BCUT2D eigenvalue weighted by atomic mass is 9.98. The zero-order chi connectivity index (χ0) is 22.6. The van der Waals surface area contributed by atoms with Crippen molar-refractivity contribution < 1.29 is 27.4 Å².